The van der Waals surface area contributed by atoms with Crippen LogP contribution in [0.25, 0.3) is 0 Å². The van der Waals surface area contributed by atoms with Gasteiger partial charge in [0, 0.05) is 51.0 Å². The summed E-state index contributed by atoms with van der Waals surface area (Å²) >= 11 is 0. The monoisotopic (exact) mass is 386 g/mol. The molecule has 0 aliphatic carbocycles. The summed E-state index contributed by atoms with van der Waals surface area (Å²) in [4.78, 5) is 15.4. The van der Waals surface area contributed by atoms with E-state index in [2.05, 4.69) is 15.1 Å². The molecule has 8 heteroatoms. The number of piperazine rings is 1. The molecule has 1 aliphatic heterocycles. The van der Waals surface area contributed by atoms with Crippen LogP contribution in [0.1, 0.15) is 0 Å². The number of anilines is 2. The summed E-state index contributed by atoms with van der Waals surface area (Å²) in [5, 5.41) is 23.6. The number of nitrogens with zero attached hydrogens (tertiary/aromatic N) is 3. The minimum Gasteiger partial charge on any atom is -0.492 e. The van der Waals surface area contributed by atoms with Gasteiger partial charge >= 0.3 is 0 Å². The molecular weight excluding hydrogens is 360 g/mol. The summed E-state index contributed by atoms with van der Waals surface area (Å²) in [5.74, 6) is 0.772. The predicted molar refractivity (Wildman–Crippen MR) is 109 cm³/mol. The third-order valence-electron chi connectivity index (χ3n) is 4.76. The lowest BCUT2D eigenvalue weighted by atomic mass is 10.2. The molecule has 1 heterocycles. The van der Waals surface area contributed by atoms with Crippen LogP contribution in [0.4, 0.5) is 17.1 Å². The predicted octanol–water partition coefficient (Wildman–Crippen LogP) is 2.20. The number of β-amino-alcohol motifs (C(OH)–C–C–N with tert-alkyl or cyclic N) is 1. The second-order valence-corrected chi connectivity index (χ2v) is 6.60. The standard InChI is InChI=1S/C20H26N4O4/c25-14-13-22-9-11-23(12-10-22)17-6-7-20(24(26)27)19(16-17)21-8-15-28-18-4-2-1-3-5-18/h1-7,16,21,25H,8-15H2. The Bertz CT molecular complexity index is 764. The summed E-state index contributed by atoms with van der Waals surface area (Å²) in [6.45, 7) is 5.10. The molecule has 1 fully saturated rings. The van der Waals surface area contributed by atoms with Crippen molar-refractivity contribution in [1.29, 1.82) is 0 Å². The number of hydrogen-bond acceptors (Lipinski definition) is 7. The first-order chi connectivity index (χ1) is 13.7. The van der Waals surface area contributed by atoms with Crippen molar-refractivity contribution in [3.05, 3.63) is 58.6 Å². The van der Waals surface area contributed by atoms with Gasteiger partial charge in [0.2, 0.25) is 0 Å². The van der Waals surface area contributed by atoms with Gasteiger partial charge in [-0.1, -0.05) is 18.2 Å². The van der Waals surface area contributed by atoms with Crippen molar-refractivity contribution in [3.63, 3.8) is 0 Å². The smallest absolute Gasteiger partial charge is 0.292 e. The fourth-order valence-electron chi connectivity index (χ4n) is 3.26. The van der Waals surface area contributed by atoms with Gasteiger partial charge in [-0.3, -0.25) is 15.0 Å². The minimum absolute atomic E-state index is 0.0578. The number of hydrogen-bond donors (Lipinski definition) is 2. The number of nitro benzene ring substituents is 1. The molecule has 0 amide bonds. The minimum atomic E-state index is -0.372. The first-order valence-electron chi connectivity index (χ1n) is 9.45. The molecule has 1 aliphatic rings. The topological polar surface area (TPSA) is 91.1 Å². The van der Waals surface area contributed by atoms with E-state index in [4.69, 9.17) is 9.84 Å². The van der Waals surface area contributed by atoms with Gasteiger partial charge in [-0.25, -0.2) is 0 Å². The maximum atomic E-state index is 11.4. The molecule has 0 aromatic heterocycles. The Morgan fingerprint density at radius 2 is 1.86 bits per heavy atom. The van der Waals surface area contributed by atoms with Crippen LogP contribution in [0, 0.1) is 10.1 Å². The summed E-state index contributed by atoms with van der Waals surface area (Å²) < 4.78 is 5.64. The van der Waals surface area contributed by atoms with E-state index in [9.17, 15) is 10.1 Å². The van der Waals surface area contributed by atoms with E-state index in [1.165, 1.54) is 0 Å². The van der Waals surface area contributed by atoms with Gasteiger partial charge in [0.25, 0.3) is 5.69 Å². The number of nitrogens with one attached hydrogen (secondary N) is 1. The Morgan fingerprint density at radius 1 is 1.11 bits per heavy atom. The van der Waals surface area contributed by atoms with E-state index in [0.29, 0.717) is 25.4 Å². The van der Waals surface area contributed by atoms with E-state index in [0.717, 1.165) is 37.6 Å². The molecule has 0 spiro atoms. The number of aliphatic hydroxyl groups is 1. The van der Waals surface area contributed by atoms with Gasteiger partial charge in [0.15, 0.2) is 0 Å². The summed E-state index contributed by atoms with van der Waals surface area (Å²) in [5.41, 5.74) is 1.51. The van der Waals surface area contributed by atoms with Crippen LogP contribution < -0.4 is 15.0 Å². The number of benzene rings is 2. The molecule has 150 valence electrons. The van der Waals surface area contributed by atoms with Crippen LogP contribution in [0.2, 0.25) is 0 Å². The molecule has 1 saturated heterocycles. The molecule has 28 heavy (non-hydrogen) atoms. The average molecular weight is 386 g/mol. The maximum absolute atomic E-state index is 11.4. The normalized spacial score (nSPS) is 14.7. The first kappa shape index (κ1) is 19.9. The molecule has 0 bridgehead atoms. The molecule has 0 radical (unpaired) electrons. The second kappa shape index (κ2) is 9.91. The fourth-order valence-corrected chi connectivity index (χ4v) is 3.26. The van der Waals surface area contributed by atoms with Crippen LogP contribution in [0.15, 0.2) is 48.5 Å². The molecule has 0 unspecified atom stereocenters. The fraction of sp³-hybridized carbons (Fsp3) is 0.400. The van der Waals surface area contributed by atoms with Crippen molar-refractivity contribution in [3.8, 4) is 5.75 Å². The zero-order valence-electron chi connectivity index (χ0n) is 15.8. The third kappa shape index (κ3) is 5.34. The molecule has 0 atom stereocenters. The number of aliphatic hydroxyl groups excluding tert-OH is 1. The molecule has 2 aromatic carbocycles. The summed E-state index contributed by atoms with van der Waals surface area (Å²) in [7, 11) is 0. The highest BCUT2D eigenvalue weighted by molar-refractivity contribution is 5.69. The van der Waals surface area contributed by atoms with E-state index >= 15 is 0 Å². The highest BCUT2D eigenvalue weighted by Gasteiger charge is 2.20. The van der Waals surface area contributed by atoms with Crippen molar-refractivity contribution < 1.29 is 14.8 Å². The number of ether oxygens (including phenoxy) is 1. The van der Waals surface area contributed by atoms with Gasteiger partial charge in [0.1, 0.15) is 18.0 Å². The molecular formula is C20H26N4O4. The van der Waals surface area contributed by atoms with Gasteiger partial charge in [-0.2, -0.15) is 0 Å². The lowest BCUT2D eigenvalue weighted by Crippen LogP contribution is -2.47. The number of nitro groups is 1. The highest BCUT2D eigenvalue weighted by Crippen LogP contribution is 2.30. The summed E-state index contributed by atoms with van der Waals surface area (Å²) in [6.07, 6.45) is 0. The lowest BCUT2D eigenvalue weighted by molar-refractivity contribution is -0.383. The van der Waals surface area contributed by atoms with E-state index in [-0.39, 0.29) is 17.2 Å². The van der Waals surface area contributed by atoms with Gasteiger partial charge in [-0.05, 0) is 24.3 Å². The Morgan fingerprint density at radius 3 is 2.54 bits per heavy atom. The average Bonchev–Trinajstić information content (AvgIpc) is 2.72. The Balaban J connectivity index is 1.60. The highest BCUT2D eigenvalue weighted by atomic mass is 16.6. The number of rotatable bonds is 9. The molecule has 2 aromatic rings. The lowest BCUT2D eigenvalue weighted by Gasteiger charge is -2.35. The third-order valence-corrected chi connectivity index (χ3v) is 4.76. The Labute approximate surface area is 164 Å². The van der Waals surface area contributed by atoms with Crippen molar-refractivity contribution in [2.24, 2.45) is 0 Å². The van der Waals surface area contributed by atoms with Crippen LogP contribution in [0.5, 0.6) is 5.75 Å². The van der Waals surface area contributed by atoms with Crippen molar-refractivity contribution in [1.82, 2.24) is 4.90 Å². The maximum Gasteiger partial charge on any atom is 0.292 e. The molecule has 8 nitrogen and oxygen atoms in total. The zero-order chi connectivity index (χ0) is 19.8. The van der Waals surface area contributed by atoms with E-state index in [1.54, 1.807) is 12.1 Å². The van der Waals surface area contributed by atoms with Crippen LogP contribution in [-0.2, 0) is 0 Å². The Hall–Kier alpha value is -2.84. The van der Waals surface area contributed by atoms with Crippen LogP contribution in [-0.4, -0.2) is 67.4 Å². The first-order valence-corrected chi connectivity index (χ1v) is 9.45. The molecule has 3 rings (SSSR count). The van der Waals surface area contributed by atoms with Gasteiger partial charge in [0.05, 0.1) is 11.5 Å². The van der Waals surface area contributed by atoms with Crippen molar-refractivity contribution in [2.45, 2.75) is 0 Å². The molecule has 2 N–H and O–H groups in total. The zero-order valence-corrected chi connectivity index (χ0v) is 15.8. The largest absolute Gasteiger partial charge is 0.492 e. The van der Waals surface area contributed by atoms with Gasteiger partial charge < -0.3 is 20.1 Å². The van der Waals surface area contributed by atoms with Gasteiger partial charge in [-0.15, -0.1) is 0 Å². The second-order valence-electron chi connectivity index (χ2n) is 6.60. The quantitative estimate of drug-likeness (QED) is 0.388. The van der Waals surface area contributed by atoms with Crippen LogP contribution >= 0.6 is 0 Å². The summed E-state index contributed by atoms with van der Waals surface area (Å²) in [6, 6.07) is 14.7. The van der Waals surface area contributed by atoms with E-state index < -0.39 is 0 Å². The van der Waals surface area contributed by atoms with Crippen molar-refractivity contribution in [2.75, 3.05) is 62.7 Å². The van der Waals surface area contributed by atoms with Crippen molar-refractivity contribution >= 4 is 17.1 Å². The Kier molecular flexibility index (Phi) is 7.05. The number of para-hydroxylation sites is 1. The molecule has 0 saturated carbocycles. The van der Waals surface area contributed by atoms with E-state index in [1.807, 2.05) is 36.4 Å². The SMILES string of the molecule is O=[N+]([O-])c1ccc(N2CCN(CCO)CC2)cc1NCCOc1ccccc1. The van der Waals surface area contributed by atoms with Crippen LogP contribution in [0.3, 0.4) is 0 Å².